The molecule has 0 spiro atoms. The Hall–Kier alpha value is -1.89. The zero-order valence-corrected chi connectivity index (χ0v) is 10.9. The molecule has 1 fully saturated rings. The number of piperidine rings is 1. The first-order chi connectivity index (χ1) is 9.02. The van der Waals surface area contributed by atoms with Gasteiger partial charge in [-0.25, -0.2) is 0 Å². The number of hydrogen-bond donors (Lipinski definition) is 1. The fourth-order valence-electron chi connectivity index (χ4n) is 2.39. The zero-order valence-electron chi connectivity index (χ0n) is 10.9. The van der Waals surface area contributed by atoms with Crippen LogP contribution in [-0.4, -0.2) is 39.4 Å². The molecule has 1 aromatic heterocycles. The Balaban J connectivity index is 2.24. The molecule has 104 valence electrons. The van der Waals surface area contributed by atoms with Crippen molar-refractivity contribution in [2.24, 2.45) is 5.73 Å². The summed E-state index contributed by atoms with van der Waals surface area (Å²) < 4.78 is 1.61. The number of rotatable bonds is 3. The van der Waals surface area contributed by atoms with Crippen LogP contribution in [0.1, 0.15) is 30.3 Å². The molecule has 7 heteroatoms. The van der Waals surface area contributed by atoms with Crippen molar-refractivity contribution in [3.8, 4) is 0 Å². The maximum Gasteiger partial charge on any atom is 0.287 e. The van der Waals surface area contributed by atoms with Crippen molar-refractivity contribution in [1.82, 2.24) is 9.47 Å². The van der Waals surface area contributed by atoms with Gasteiger partial charge in [-0.3, -0.25) is 14.9 Å². The number of carbonyl (C=O) groups is 1. The fourth-order valence-corrected chi connectivity index (χ4v) is 2.39. The quantitative estimate of drug-likeness (QED) is 0.651. The van der Waals surface area contributed by atoms with Gasteiger partial charge in [0.1, 0.15) is 5.69 Å². The van der Waals surface area contributed by atoms with Crippen molar-refractivity contribution in [2.45, 2.75) is 32.4 Å². The van der Waals surface area contributed by atoms with Crippen LogP contribution in [0.25, 0.3) is 0 Å². The van der Waals surface area contributed by atoms with Crippen molar-refractivity contribution in [3.63, 3.8) is 0 Å². The normalized spacial score (nSPS) is 19.5. The van der Waals surface area contributed by atoms with Crippen LogP contribution in [0.15, 0.2) is 12.3 Å². The first-order valence-corrected chi connectivity index (χ1v) is 6.42. The average Bonchev–Trinajstić information content (AvgIpc) is 2.82. The molecule has 0 aromatic carbocycles. The van der Waals surface area contributed by atoms with Gasteiger partial charge in [-0.2, -0.15) is 0 Å². The molecule has 0 aliphatic carbocycles. The smallest absolute Gasteiger partial charge is 0.287 e. The van der Waals surface area contributed by atoms with E-state index in [4.69, 9.17) is 5.73 Å². The number of hydrogen-bond acceptors (Lipinski definition) is 4. The van der Waals surface area contributed by atoms with E-state index in [1.165, 1.54) is 12.3 Å². The first-order valence-electron chi connectivity index (χ1n) is 6.42. The summed E-state index contributed by atoms with van der Waals surface area (Å²) in [7, 11) is 0. The standard InChI is InChI=1S/C12H18N4O3/c1-2-14-8-10(16(18)19)6-11(14)12(17)15-5-3-4-9(13)7-15/h6,8-9H,2-5,7,13H2,1H3. The van der Waals surface area contributed by atoms with Crippen LogP contribution in [0.4, 0.5) is 5.69 Å². The van der Waals surface area contributed by atoms with E-state index in [2.05, 4.69) is 0 Å². The lowest BCUT2D eigenvalue weighted by Crippen LogP contribution is -2.46. The SMILES string of the molecule is CCn1cc([N+](=O)[O-])cc1C(=O)N1CCCC(N)C1. The predicted molar refractivity (Wildman–Crippen MR) is 69.9 cm³/mol. The molecule has 0 bridgehead atoms. The van der Waals surface area contributed by atoms with Gasteiger partial charge >= 0.3 is 0 Å². The molecule has 1 aromatic rings. The molecule has 1 aliphatic heterocycles. The largest absolute Gasteiger partial charge is 0.337 e. The molecule has 2 heterocycles. The summed E-state index contributed by atoms with van der Waals surface area (Å²) in [6.45, 7) is 3.55. The highest BCUT2D eigenvalue weighted by Crippen LogP contribution is 2.19. The number of likely N-dealkylation sites (tertiary alicyclic amines) is 1. The van der Waals surface area contributed by atoms with Crippen molar-refractivity contribution in [1.29, 1.82) is 0 Å². The highest BCUT2D eigenvalue weighted by atomic mass is 16.6. The lowest BCUT2D eigenvalue weighted by molar-refractivity contribution is -0.384. The number of nitrogens with two attached hydrogens (primary N) is 1. The second kappa shape index (κ2) is 5.40. The molecule has 1 saturated heterocycles. The van der Waals surface area contributed by atoms with Gasteiger partial charge in [0.2, 0.25) is 0 Å². The summed E-state index contributed by atoms with van der Waals surface area (Å²) in [6, 6.07) is 1.34. The average molecular weight is 266 g/mol. The lowest BCUT2D eigenvalue weighted by atomic mass is 10.1. The second-order valence-electron chi connectivity index (χ2n) is 4.78. The molecular formula is C12H18N4O3. The van der Waals surface area contributed by atoms with Crippen LogP contribution in [0, 0.1) is 10.1 Å². The van der Waals surface area contributed by atoms with Gasteiger partial charge in [0, 0.05) is 31.7 Å². The number of aryl methyl sites for hydroxylation is 1. The molecule has 2 N–H and O–H groups in total. The molecule has 7 nitrogen and oxygen atoms in total. The molecule has 1 atom stereocenters. The zero-order chi connectivity index (χ0) is 14.0. The maximum absolute atomic E-state index is 12.4. The highest BCUT2D eigenvalue weighted by molar-refractivity contribution is 5.93. The monoisotopic (exact) mass is 266 g/mol. The van der Waals surface area contributed by atoms with Gasteiger partial charge in [-0.05, 0) is 19.8 Å². The van der Waals surface area contributed by atoms with Gasteiger partial charge in [-0.1, -0.05) is 0 Å². The molecule has 19 heavy (non-hydrogen) atoms. The molecule has 2 rings (SSSR count). The third-order valence-electron chi connectivity index (χ3n) is 3.40. The number of carbonyl (C=O) groups excluding carboxylic acids is 1. The van der Waals surface area contributed by atoms with Gasteiger partial charge in [0.15, 0.2) is 0 Å². The molecule has 1 amide bonds. The van der Waals surface area contributed by atoms with E-state index >= 15 is 0 Å². The topological polar surface area (TPSA) is 94.4 Å². The Labute approximate surface area is 111 Å². The van der Waals surface area contributed by atoms with Crippen LogP contribution in [0.2, 0.25) is 0 Å². The van der Waals surface area contributed by atoms with Gasteiger partial charge in [0.05, 0.1) is 11.1 Å². The summed E-state index contributed by atoms with van der Waals surface area (Å²) in [4.78, 5) is 24.4. The van der Waals surface area contributed by atoms with E-state index in [-0.39, 0.29) is 17.6 Å². The van der Waals surface area contributed by atoms with Crippen molar-refractivity contribution in [2.75, 3.05) is 13.1 Å². The summed E-state index contributed by atoms with van der Waals surface area (Å²) in [6.07, 6.45) is 3.19. The van der Waals surface area contributed by atoms with E-state index in [1.807, 2.05) is 6.92 Å². The summed E-state index contributed by atoms with van der Waals surface area (Å²) >= 11 is 0. The number of nitro groups is 1. The minimum atomic E-state index is -0.481. The Morgan fingerprint density at radius 2 is 2.37 bits per heavy atom. The van der Waals surface area contributed by atoms with Crippen molar-refractivity contribution < 1.29 is 9.72 Å². The van der Waals surface area contributed by atoms with E-state index in [0.29, 0.717) is 25.3 Å². The number of nitrogens with zero attached hydrogens (tertiary/aromatic N) is 3. The van der Waals surface area contributed by atoms with Crippen molar-refractivity contribution in [3.05, 3.63) is 28.1 Å². The fraction of sp³-hybridized carbons (Fsp3) is 0.583. The van der Waals surface area contributed by atoms with Gasteiger partial charge < -0.3 is 15.2 Å². The summed E-state index contributed by atoms with van der Waals surface area (Å²) in [5.74, 6) is -0.176. The third-order valence-corrected chi connectivity index (χ3v) is 3.40. The maximum atomic E-state index is 12.4. The Kier molecular flexibility index (Phi) is 3.84. The van der Waals surface area contributed by atoms with E-state index in [0.717, 1.165) is 12.8 Å². The van der Waals surface area contributed by atoms with E-state index in [9.17, 15) is 14.9 Å². The Morgan fingerprint density at radius 1 is 1.63 bits per heavy atom. The van der Waals surface area contributed by atoms with Crippen LogP contribution < -0.4 is 5.73 Å². The second-order valence-corrected chi connectivity index (χ2v) is 4.78. The lowest BCUT2D eigenvalue weighted by Gasteiger charge is -2.30. The number of amides is 1. The molecule has 0 saturated carbocycles. The van der Waals surface area contributed by atoms with Crippen LogP contribution >= 0.6 is 0 Å². The minimum absolute atomic E-state index is 0.00211. The Morgan fingerprint density at radius 3 is 2.95 bits per heavy atom. The van der Waals surface area contributed by atoms with Gasteiger partial charge in [0.25, 0.3) is 11.6 Å². The number of aromatic nitrogens is 1. The van der Waals surface area contributed by atoms with Crippen molar-refractivity contribution >= 4 is 11.6 Å². The third kappa shape index (κ3) is 2.76. The predicted octanol–water partition coefficient (Wildman–Crippen LogP) is 0.979. The molecule has 1 aliphatic rings. The van der Waals surface area contributed by atoms with Crippen LogP contribution in [0.3, 0.4) is 0 Å². The molecule has 1 unspecified atom stereocenters. The molecular weight excluding hydrogens is 248 g/mol. The van der Waals surface area contributed by atoms with Gasteiger partial charge in [-0.15, -0.1) is 0 Å². The molecule has 0 radical (unpaired) electrons. The summed E-state index contributed by atoms with van der Waals surface area (Å²) in [5.41, 5.74) is 6.17. The first kappa shape index (κ1) is 13.5. The van der Waals surface area contributed by atoms with E-state index < -0.39 is 4.92 Å². The Bertz CT molecular complexity index is 497. The minimum Gasteiger partial charge on any atom is -0.337 e. The summed E-state index contributed by atoms with van der Waals surface area (Å²) in [5, 5.41) is 10.8. The van der Waals surface area contributed by atoms with Crippen LogP contribution in [0.5, 0.6) is 0 Å². The highest BCUT2D eigenvalue weighted by Gasteiger charge is 2.26. The van der Waals surface area contributed by atoms with Crippen LogP contribution in [-0.2, 0) is 6.54 Å². The van der Waals surface area contributed by atoms with E-state index in [1.54, 1.807) is 9.47 Å².